The molecule has 3 fully saturated rings. The van der Waals surface area contributed by atoms with Gasteiger partial charge in [0.15, 0.2) is 0 Å². The number of hydrogen-bond donors (Lipinski definition) is 1. The second-order valence-electron chi connectivity index (χ2n) is 12.9. The van der Waals surface area contributed by atoms with E-state index in [-0.39, 0.29) is 5.41 Å². The predicted molar refractivity (Wildman–Crippen MR) is 145 cm³/mol. The van der Waals surface area contributed by atoms with Crippen molar-refractivity contribution in [2.75, 3.05) is 0 Å². The molecule has 3 aliphatic carbocycles. The van der Waals surface area contributed by atoms with E-state index in [4.69, 9.17) is 0 Å². The number of rotatable bonds is 14. The van der Waals surface area contributed by atoms with Crippen molar-refractivity contribution >= 4 is 5.97 Å². The number of carbonyl (C=O) groups is 1. The highest BCUT2D eigenvalue weighted by Crippen LogP contribution is 2.64. The molecule has 0 radical (unpaired) electrons. The molecule has 198 valence electrons. The van der Waals surface area contributed by atoms with Crippen LogP contribution in [0.2, 0.25) is 0 Å². The molecule has 2 heteroatoms. The summed E-state index contributed by atoms with van der Waals surface area (Å²) in [5.41, 5.74) is 0.152. The minimum Gasteiger partial charge on any atom is -0.481 e. The topological polar surface area (TPSA) is 37.3 Å². The second-order valence-corrected chi connectivity index (χ2v) is 12.9. The van der Waals surface area contributed by atoms with Crippen LogP contribution in [-0.2, 0) is 4.79 Å². The lowest BCUT2D eigenvalue weighted by molar-refractivity contribution is -0.171. The summed E-state index contributed by atoms with van der Waals surface area (Å²) in [7, 11) is 0. The van der Waals surface area contributed by atoms with Crippen LogP contribution >= 0.6 is 0 Å². The van der Waals surface area contributed by atoms with Gasteiger partial charge in [-0.2, -0.15) is 0 Å². The second kappa shape index (κ2) is 13.7. The fourth-order valence-electron chi connectivity index (χ4n) is 8.87. The third-order valence-electron chi connectivity index (χ3n) is 11.1. The van der Waals surface area contributed by atoms with Gasteiger partial charge in [-0.15, -0.1) is 0 Å². The van der Waals surface area contributed by atoms with Crippen LogP contribution in [0, 0.1) is 22.2 Å². The summed E-state index contributed by atoms with van der Waals surface area (Å²) in [4.78, 5) is 13.0. The molecular weight excluding hydrogens is 416 g/mol. The minimum absolute atomic E-state index is 0.0632. The zero-order valence-electron chi connectivity index (χ0n) is 23.1. The average molecular weight is 475 g/mol. The molecule has 3 aliphatic rings. The minimum atomic E-state index is -0.440. The van der Waals surface area contributed by atoms with Crippen LogP contribution in [0.15, 0.2) is 0 Å². The molecule has 0 aliphatic heterocycles. The summed E-state index contributed by atoms with van der Waals surface area (Å²) in [6.45, 7) is 4.60. The Bertz CT molecular complexity index is 574. The van der Waals surface area contributed by atoms with Crippen molar-refractivity contribution in [2.45, 2.75) is 174 Å². The van der Waals surface area contributed by atoms with Gasteiger partial charge in [0.05, 0.1) is 5.41 Å². The van der Waals surface area contributed by atoms with Crippen LogP contribution in [0.1, 0.15) is 174 Å². The first-order chi connectivity index (χ1) is 16.5. The molecule has 0 atom stereocenters. The summed E-state index contributed by atoms with van der Waals surface area (Å²) >= 11 is 0. The molecule has 0 bridgehead atoms. The van der Waals surface area contributed by atoms with Gasteiger partial charge in [0.2, 0.25) is 0 Å². The number of aliphatic carboxylic acids is 1. The van der Waals surface area contributed by atoms with Crippen LogP contribution in [0.25, 0.3) is 0 Å². The number of carboxylic acid groups (broad SMARTS) is 1. The number of carboxylic acids is 1. The van der Waals surface area contributed by atoms with Crippen molar-refractivity contribution in [3.8, 4) is 0 Å². The van der Waals surface area contributed by atoms with Gasteiger partial charge < -0.3 is 5.11 Å². The van der Waals surface area contributed by atoms with Crippen LogP contribution in [0.3, 0.4) is 0 Å². The first kappa shape index (κ1) is 28.0. The molecule has 3 saturated carbocycles. The van der Waals surface area contributed by atoms with E-state index in [1.807, 2.05) is 0 Å². The molecule has 0 spiro atoms. The van der Waals surface area contributed by atoms with E-state index >= 15 is 0 Å². The summed E-state index contributed by atoms with van der Waals surface area (Å²) in [6, 6.07) is 0. The van der Waals surface area contributed by atoms with Gasteiger partial charge in [0, 0.05) is 0 Å². The van der Waals surface area contributed by atoms with E-state index in [9.17, 15) is 9.90 Å². The highest BCUT2D eigenvalue weighted by atomic mass is 16.4. The standard InChI is InChI=1S/C32H58O2/c1-3-5-7-8-9-15-20-30(28-18-12-10-13-19-28)24-26-31(27-25-30,21-14-6-4-2)32(29(33)34)22-16-11-17-23-32/h28H,3-27H2,1-2H3,(H,33,34). The Hall–Kier alpha value is -0.530. The van der Waals surface area contributed by atoms with Crippen LogP contribution in [0.5, 0.6) is 0 Å². The quantitative estimate of drug-likeness (QED) is 0.254. The molecular formula is C32H58O2. The van der Waals surface area contributed by atoms with Crippen molar-refractivity contribution in [2.24, 2.45) is 22.2 Å². The lowest BCUT2D eigenvalue weighted by Crippen LogP contribution is -2.53. The predicted octanol–water partition coefficient (Wildman–Crippen LogP) is 10.5. The maximum Gasteiger partial charge on any atom is 0.310 e. The molecule has 0 saturated heterocycles. The Labute approximate surface area is 212 Å². The molecule has 0 aromatic carbocycles. The maximum absolute atomic E-state index is 13.0. The van der Waals surface area contributed by atoms with Crippen molar-refractivity contribution in [3.05, 3.63) is 0 Å². The Balaban J connectivity index is 1.77. The Kier molecular flexibility index (Phi) is 11.3. The molecule has 2 nitrogen and oxygen atoms in total. The summed E-state index contributed by atoms with van der Waals surface area (Å²) in [6.07, 6.45) is 32.4. The van der Waals surface area contributed by atoms with Crippen molar-refractivity contribution < 1.29 is 9.90 Å². The van der Waals surface area contributed by atoms with Gasteiger partial charge in [-0.05, 0) is 81.0 Å². The van der Waals surface area contributed by atoms with Crippen molar-refractivity contribution in [3.63, 3.8) is 0 Å². The lowest BCUT2D eigenvalue weighted by Gasteiger charge is -2.58. The first-order valence-electron chi connectivity index (χ1n) is 15.8. The zero-order chi connectivity index (χ0) is 24.3. The summed E-state index contributed by atoms with van der Waals surface area (Å²) < 4.78 is 0. The molecule has 3 rings (SSSR count). The van der Waals surface area contributed by atoms with E-state index < -0.39 is 11.4 Å². The van der Waals surface area contributed by atoms with Gasteiger partial charge in [-0.3, -0.25) is 4.79 Å². The van der Waals surface area contributed by atoms with E-state index in [0.29, 0.717) is 5.41 Å². The van der Waals surface area contributed by atoms with E-state index in [1.165, 1.54) is 135 Å². The van der Waals surface area contributed by atoms with Gasteiger partial charge in [-0.25, -0.2) is 0 Å². The lowest BCUT2D eigenvalue weighted by atomic mass is 9.46. The van der Waals surface area contributed by atoms with E-state index in [2.05, 4.69) is 13.8 Å². The summed E-state index contributed by atoms with van der Waals surface area (Å²) in [5.74, 6) is 0.474. The van der Waals surface area contributed by atoms with Crippen molar-refractivity contribution in [1.29, 1.82) is 0 Å². The van der Waals surface area contributed by atoms with Gasteiger partial charge in [-0.1, -0.05) is 110 Å². The molecule has 0 heterocycles. The van der Waals surface area contributed by atoms with Crippen LogP contribution < -0.4 is 0 Å². The fraction of sp³-hybridized carbons (Fsp3) is 0.969. The largest absolute Gasteiger partial charge is 0.481 e. The smallest absolute Gasteiger partial charge is 0.310 e. The molecule has 34 heavy (non-hydrogen) atoms. The monoisotopic (exact) mass is 474 g/mol. The molecule has 0 aromatic rings. The highest BCUT2D eigenvalue weighted by Gasteiger charge is 2.59. The van der Waals surface area contributed by atoms with Crippen LogP contribution in [0.4, 0.5) is 0 Å². The SMILES string of the molecule is CCCCCCCCC1(C2CCCCC2)CCC(CCCCC)(C2(C(=O)O)CCCCC2)CC1. The van der Waals surface area contributed by atoms with Gasteiger partial charge in [0.25, 0.3) is 0 Å². The third kappa shape index (κ3) is 6.42. The average Bonchev–Trinajstić information content (AvgIpc) is 2.88. The normalized spacial score (nSPS) is 30.3. The number of hydrogen-bond acceptors (Lipinski definition) is 1. The van der Waals surface area contributed by atoms with Crippen LogP contribution in [-0.4, -0.2) is 11.1 Å². The van der Waals surface area contributed by atoms with E-state index in [0.717, 1.165) is 31.6 Å². The molecule has 0 unspecified atom stereocenters. The Morgan fingerprint density at radius 2 is 1.18 bits per heavy atom. The third-order valence-corrected chi connectivity index (χ3v) is 11.1. The van der Waals surface area contributed by atoms with E-state index in [1.54, 1.807) is 0 Å². The molecule has 0 aromatic heterocycles. The van der Waals surface area contributed by atoms with Gasteiger partial charge >= 0.3 is 5.97 Å². The Morgan fingerprint density at radius 3 is 1.79 bits per heavy atom. The molecule has 1 N–H and O–H groups in total. The maximum atomic E-state index is 13.0. The van der Waals surface area contributed by atoms with Crippen molar-refractivity contribution in [1.82, 2.24) is 0 Å². The van der Waals surface area contributed by atoms with Gasteiger partial charge in [0.1, 0.15) is 0 Å². The molecule has 0 amide bonds. The summed E-state index contributed by atoms with van der Waals surface area (Å²) in [5, 5.41) is 10.7. The highest BCUT2D eigenvalue weighted by molar-refractivity contribution is 5.76. The zero-order valence-corrected chi connectivity index (χ0v) is 23.1. The Morgan fingerprint density at radius 1 is 0.647 bits per heavy atom. The number of unbranched alkanes of at least 4 members (excludes halogenated alkanes) is 7. The fourth-order valence-corrected chi connectivity index (χ4v) is 8.87. The first-order valence-corrected chi connectivity index (χ1v) is 15.8.